The van der Waals surface area contributed by atoms with Crippen LogP contribution < -0.4 is 9.80 Å². The van der Waals surface area contributed by atoms with Gasteiger partial charge in [-0.2, -0.15) is 13.2 Å². The molecule has 1 aromatic carbocycles. The van der Waals surface area contributed by atoms with E-state index < -0.39 is 11.7 Å². The SMILES string of the molecule is CCCN1CN(C(=O)N2CC(c3cccc(C(F)(F)F)c3)C2)c2cnc(COC)nc21. The second-order valence-electron chi connectivity index (χ2n) is 7.77. The summed E-state index contributed by atoms with van der Waals surface area (Å²) in [6.07, 6.45) is -1.85. The number of nitrogens with zero attached hydrogens (tertiary/aromatic N) is 5. The molecule has 1 fully saturated rings. The number of urea groups is 1. The van der Waals surface area contributed by atoms with Crippen molar-refractivity contribution in [2.24, 2.45) is 0 Å². The van der Waals surface area contributed by atoms with Crippen LogP contribution in [0.5, 0.6) is 0 Å². The number of hydrogen-bond acceptors (Lipinski definition) is 5. The average Bonchev–Trinajstić information content (AvgIpc) is 3.05. The molecule has 0 N–H and O–H groups in total. The summed E-state index contributed by atoms with van der Waals surface area (Å²) in [5.41, 5.74) is 0.573. The Morgan fingerprint density at radius 2 is 2.06 bits per heavy atom. The van der Waals surface area contributed by atoms with Crippen LogP contribution >= 0.6 is 0 Å². The van der Waals surface area contributed by atoms with Gasteiger partial charge in [-0.25, -0.2) is 14.8 Å². The molecule has 0 atom stereocenters. The first kappa shape index (κ1) is 21.4. The van der Waals surface area contributed by atoms with E-state index in [0.717, 1.165) is 19.0 Å². The normalized spacial score (nSPS) is 16.5. The molecule has 1 saturated heterocycles. The van der Waals surface area contributed by atoms with Crippen LogP contribution in [-0.4, -0.2) is 54.3 Å². The Kier molecular flexibility index (Phi) is 5.74. The molecule has 166 valence electrons. The zero-order valence-corrected chi connectivity index (χ0v) is 17.4. The molecule has 1 aromatic heterocycles. The van der Waals surface area contributed by atoms with Crippen LogP contribution in [0.1, 0.15) is 36.2 Å². The first-order valence-corrected chi connectivity index (χ1v) is 10.1. The van der Waals surface area contributed by atoms with E-state index in [4.69, 9.17) is 4.74 Å². The topological polar surface area (TPSA) is 61.8 Å². The van der Waals surface area contributed by atoms with Gasteiger partial charge < -0.3 is 14.5 Å². The first-order valence-electron chi connectivity index (χ1n) is 10.1. The summed E-state index contributed by atoms with van der Waals surface area (Å²) >= 11 is 0. The van der Waals surface area contributed by atoms with Crippen LogP contribution in [0, 0.1) is 0 Å². The minimum absolute atomic E-state index is 0.111. The number of carbonyl (C=O) groups is 1. The maximum atomic E-state index is 13.1. The Morgan fingerprint density at radius 3 is 2.74 bits per heavy atom. The van der Waals surface area contributed by atoms with Crippen molar-refractivity contribution < 1.29 is 22.7 Å². The van der Waals surface area contributed by atoms with Crippen LogP contribution in [0.2, 0.25) is 0 Å². The zero-order valence-electron chi connectivity index (χ0n) is 17.4. The summed E-state index contributed by atoms with van der Waals surface area (Å²) in [5.74, 6) is 1.14. The van der Waals surface area contributed by atoms with Crippen molar-refractivity contribution in [2.75, 3.05) is 43.2 Å². The fourth-order valence-corrected chi connectivity index (χ4v) is 3.93. The number of halogens is 3. The molecule has 2 amide bonds. The Hall–Kier alpha value is -2.88. The molecule has 3 heterocycles. The number of likely N-dealkylation sites (tertiary alicyclic amines) is 1. The first-order chi connectivity index (χ1) is 14.8. The van der Waals surface area contributed by atoms with E-state index in [1.807, 2.05) is 4.90 Å². The Balaban J connectivity index is 1.47. The molecule has 0 spiro atoms. The van der Waals surface area contributed by atoms with Crippen molar-refractivity contribution in [1.82, 2.24) is 14.9 Å². The minimum Gasteiger partial charge on any atom is -0.377 e. The molecule has 10 heteroatoms. The fraction of sp³-hybridized carbons (Fsp3) is 0.476. The lowest BCUT2D eigenvalue weighted by Crippen LogP contribution is -2.54. The van der Waals surface area contributed by atoms with E-state index in [1.165, 1.54) is 12.1 Å². The van der Waals surface area contributed by atoms with Crippen LogP contribution in [-0.2, 0) is 17.5 Å². The van der Waals surface area contributed by atoms with Crippen LogP contribution in [0.4, 0.5) is 29.5 Å². The number of methoxy groups -OCH3 is 1. The molecular formula is C21H24F3N5O2. The Bertz CT molecular complexity index is 962. The Labute approximate surface area is 178 Å². The lowest BCUT2D eigenvalue weighted by molar-refractivity contribution is -0.137. The highest BCUT2D eigenvalue weighted by molar-refractivity contribution is 5.98. The number of hydrogen-bond donors (Lipinski definition) is 0. The highest BCUT2D eigenvalue weighted by atomic mass is 19.4. The predicted octanol–water partition coefficient (Wildman–Crippen LogP) is 3.86. The van der Waals surface area contributed by atoms with Gasteiger partial charge in [-0.05, 0) is 18.1 Å². The second kappa shape index (κ2) is 8.33. The highest BCUT2D eigenvalue weighted by Gasteiger charge is 2.40. The number of amides is 2. The monoisotopic (exact) mass is 435 g/mol. The molecule has 0 saturated carbocycles. The standard InChI is InChI=1S/C21H24F3N5O2/c1-3-7-27-13-29(17-9-25-18(12-31-2)26-19(17)27)20(30)28-10-15(11-28)14-5-4-6-16(8-14)21(22,23)24/h4-6,8-9,15H,3,7,10-13H2,1-2H3. The molecular weight excluding hydrogens is 411 g/mol. The summed E-state index contributed by atoms with van der Waals surface area (Å²) in [4.78, 5) is 27.2. The van der Waals surface area contributed by atoms with Gasteiger partial charge in [-0.15, -0.1) is 0 Å². The van der Waals surface area contributed by atoms with E-state index >= 15 is 0 Å². The molecule has 7 nitrogen and oxygen atoms in total. The van der Waals surface area contributed by atoms with Gasteiger partial charge in [0.25, 0.3) is 0 Å². The van der Waals surface area contributed by atoms with Crippen LogP contribution in [0.15, 0.2) is 30.5 Å². The lowest BCUT2D eigenvalue weighted by atomic mass is 9.90. The highest BCUT2D eigenvalue weighted by Crippen LogP contribution is 2.37. The predicted molar refractivity (Wildman–Crippen MR) is 109 cm³/mol. The third-order valence-electron chi connectivity index (χ3n) is 5.54. The van der Waals surface area contributed by atoms with E-state index in [-0.39, 0.29) is 18.6 Å². The van der Waals surface area contributed by atoms with Crippen molar-refractivity contribution >= 4 is 17.5 Å². The quantitative estimate of drug-likeness (QED) is 0.714. The summed E-state index contributed by atoms with van der Waals surface area (Å²) in [5, 5.41) is 0. The molecule has 2 aromatic rings. The lowest BCUT2D eigenvalue weighted by Gasteiger charge is -2.41. The number of anilines is 2. The average molecular weight is 435 g/mol. The van der Waals surface area contributed by atoms with Gasteiger partial charge in [0, 0.05) is 32.7 Å². The molecule has 0 radical (unpaired) electrons. The van der Waals surface area contributed by atoms with Gasteiger partial charge in [0.1, 0.15) is 19.0 Å². The summed E-state index contributed by atoms with van der Waals surface area (Å²) in [6, 6.07) is 5.14. The van der Waals surface area contributed by atoms with Gasteiger partial charge in [0.05, 0.1) is 11.8 Å². The number of carbonyl (C=O) groups excluding carboxylic acids is 1. The number of aromatic nitrogens is 2. The van der Waals surface area contributed by atoms with Gasteiger partial charge >= 0.3 is 12.2 Å². The summed E-state index contributed by atoms with van der Waals surface area (Å²) in [6.45, 7) is 4.21. The van der Waals surface area contributed by atoms with Crippen molar-refractivity contribution in [3.05, 3.63) is 47.4 Å². The van der Waals surface area contributed by atoms with Crippen molar-refractivity contribution in [1.29, 1.82) is 0 Å². The van der Waals surface area contributed by atoms with Crippen molar-refractivity contribution in [2.45, 2.75) is 32.0 Å². The molecule has 31 heavy (non-hydrogen) atoms. The molecule has 0 bridgehead atoms. The second-order valence-corrected chi connectivity index (χ2v) is 7.77. The van der Waals surface area contributed by atoms with Crippen molar-refractivity contribution in [3.8, 4) is 0 Å². The molecule has 2 aliphatic heterocycles. The maximum absolute atomic E-state index is 13.1. The summed E-state index contributed by atoms with van der Waals surface area (Å²) < 4.78 is 44.1. The van der Waals surface area contributed by atoms with E-state index in [9.17, 15) is 18.0 Å². The summed E-state index contributed by atoms with van der Waals surface area (Å²) in [7, 11) is 1.57. The van der Waals surface area contributed by atoms with Gasteiger partial charge in [-0.3, -0.25) is 4.90 Å². The third kappa shape index (κ3) is 4.16. The number of ether oxygens (including phenoxy) is 1. The van der Waals surface area contributed by atoms with E-state index in [1.54, 1.807) is 29.2 Å². The van der Waals surface area contributed by atoms with Gasteiger partial charge in [-0.1, -0.05) is 25.1 Å². The van der Waals surface area contributed by atoms with Crippen LogP contribution in [0.25, 0.3) is 0 Å². The van der Waals surface area contributed by atoms with Gasteiger partial charge in [0.15, 0.2) is 11.6 Å². The van der Waals surface area contributed by atoms with Gasteiger partial charge in [0.2, 0.25) is 0 Å². The van der Waals surface area contributed by atoms with E-state index in [2.05, 4.69) is 16.9 Å². The number of rotatable bonds is 5. The molecule has 2 aliphatic rings. The largest absolute Gasteiger partial charge is 0.416 e. The molecule has 0 unspecified atom stereocenters. The number of benzene rings is 1. The molecule has 4 rings (SSSR count). The van der Waals surface area contributed by atoms with E-state index in [0.29, 0.717) is 42.7 Å². The smallest absolute Gasteiger partial charge is 0.377 e. The number of fused-ring (bicyclic) bond motifs is 1. The zero-order chi connectivity index (χ0) is 22.2. The van der Waals surface area contributed by atoms with Crippen molar-refractivity contribution in [3.63, 3.8) is 0 Å². The molecule has 0 aliphatic carbocycles. The number of alkyl halides is 3. The fourth-order valence-electron chi connectivity index (χ4n) is 3.93. The maximum Gasteiger partial charge on any atom is 0.416 e. The van der Waals surface area contributed by atoms with Crippen LogP contribution in [0.3, 0.4) is 0 Å². The minimum atomic E-state index is -4.38. The third-order valence-corrected chi connectivity index (χ3v) is 5.54. The Morgan fingerprint density at radius 1 is 1.29 bits per heavy atom.